The molecule has 2 aliphatic rings. The number of rotatable bonds is 6. The van der Waals surface area contributed by atoms with Crippen LogP contribution in [0.2, 0.25) is 0 Å². The lowest BCUT2D eigenvalue weighted by molar-refractivity contribution is -0.138. The molecule has 3 rings (SSSR count). The second-order valence-electron chi connectivity index (χ2n) is 12.7. The van der Waals surface area contributed by atoms with Gasteiger partial charge in [-0.2, -0.15) is 13.2 Å². The standard InChI is InChI=1S/C29H41F3N4O7/c1-16(2)36(19-10-9-12-35(26(40)41)22(19)27(3,4)5)23(37)17-14-20-21(15-18(17)29(30,31)32)43-28(6,7)24(38)34(20)13-11-33-25(39)42-8/h14-16,19,22H,9-13H2,1-8H3,(H,33,39)(H,40,41)/t19-,22?/m1/s1. The monoisotopic (exact) mass is 614 g/mol. The molecule has 4 amide bonds. The van der Waals surface area contributed by atoms with Crippen LogP contribution in [0.1, 0.15) is 77.2 Å². The smallest absolute Gasteiger partial charge is 0.417 e. The Morgan fingerprint density at radius 3 is 2.35 bits per heavy atom. The average molecular weight is 615 g/mol. The summed E-state index contributed by atoms with van der Waals surface area (Å²) in [6, 6.07) is -0.270. The van der Waals surface area contributed by atoms with Crippen LogP contribution in [0.5, 0.6) is 5.75 Å². The van der Waals surface area contributed by atoms with Gasteiger partial charge in [-0.25, -0.2) is 9.59 Å². The minimum Gasteiger partial charge on any atom is -0.476 e. The Labute approximate surface area is 249 Å². The van der Waals surface area contributed by atoms with Gasteiger partial charge in [0.2, 0.25) is 0 Å². The molecule has 14 heteroatoms. The number of carbonyl (C=O) groups is 4. The molecule has 1 saturated heterocycles. The third-order valence-electron chi connectivity index (χ3n) is 7.72. The van der Waals surface area contributed by atoms with Gasteiger partial charge in [0.1, 0.15) is 5.75 Å². The molecule has 11 nitrogen and oxygen atoms in total. The number of benzene rings is 1. The molecule has 2 atom stereocenters. The van der Waals surface area contributed by atoms with Crippen molar-refractivity contribution in [1.29, 1.82) is 0 Å². The van der Waals surface area contributed by atoms with Crippen molar-refractivity contribution in [2.24, 2.45) is 5.41 Å². The number of nitrogens with zero attached hydrogens (tertiary/aromatic N) is 3. The molecule has 43 heavy (non-hydrogen) atoms. The lowest BCUT2D eigenvalue weighted by Gasteiger charge is -2.51. The summed E-state index contributed by atoms with van der Waals surface area (Å²) >= 11 is 0. The fourth-order valence-electron chi connectivity index (χ4n) is 6.02. The molecule has 0 saturated carbocycles. The van der Waals surface area contributed by atoms with Crippen molar-refractivity contribution in [2.45, 2.75) is 91.2 Å². The van der Waals surface area contributed by atoms with E-state index in [4.69, 9.17) is 4.74 Å². The number of alkyl halides is 3. The highest BCUT2D eigenvalue weighted by molar-refractivity contribution is 6.05. The number of hydrogen-bond donors (Lipinski definition) is 2. The number of carboxylic acid groups (broad SMARTS) is 1. The minimum absolute atomic E-state index is 0.0563. The van der Waals surface area contributed by atoms with Gasteiger partial charge in [0.25, 0.3) is 11.8 Å². The van der Waals surface area contributed by atoms with Gasteiger partial charge < -0.3 is 34.6 Å². The van der Waals surface area contributed by atoms with Crippen LogP contribution in [-0.4, -0.2) is 89.4 Å². The molecule has 2 N–H and O–H groups in total. The maximum absolute atomic E-state index is 14.6. The Balaban J connectivity index is 2.19. The quantitative estimate of drug-likeness (QED) is 0.463. The molecule has 0 aliphatic carbocycles. The number of ether oxygens (including phenoxy) is 2. The summed E-state index contributed by atoms with van der Waals surface area (Å²) in [5.41, 5.74) is -4.16. The van der Waals surface area contributed by atoms with Gasteiger partial charge in [0.05, 0.1) is 36.0 Å². The maximum atomic E-state index is 14.6. The molecular weight excluding hydrogens is 573 g/mol. The number of halogens is 3. The van der Waals surface area contributed by atoms with Crippen LogP contribution in [0.3, 0.4) is 0 Å². The molecular formula is C29H41F3N4O7. The number of hydrogen-bond acceptors (Lipinski definition) is 6. The Morgan fingerprint density at radius 1 is 1.21 bits per heavy atom. The van der Waals surface area contributed by atoms with Crippen molar-refractivity contribution in [3.8, 4) is 5.75 Å². The Hall–Kier alpha value is -3.71. The van der Waals surface area contributed by atoms with E-state index in [1.807, 2.05) is 20.8 Å². The maximum Gasteiger partial charge on any atom is 0.417 e. The van der Waals surface area contributed by atoms with Crippen LogP contribution >= 0.6 is 0 Å². The van der Waals surface area contributed by atoms with Crippen LogP contribution in [0.25, 0.3) is 0 Å². The minimum atomic E-state index is -4.96. The first-order valence-electron chi connectivity index (χ1n) is 14.1. The van der Waals surface area contributed by atoms with E-state index in [9.17, 15) is 37.5 Å². The molecule has 1 unspecified atom stereocenters. The highest BCUT2D eigenvalue weighted by Gasteiger charge is 2.49. The first-order chi connectivity index (χ1) is 19.7. The molecule has 2 aliphatic heterocycles. The van der Waals surface area contributed by atoms with Gasteiger partial charge in [-0.1, -0.05) is 20.8 Å². The predicted molar refractivity (Wildman–Crippen MR) is 151 cm³/mol. The zero-order valence-corrected chi connectivity index (χ0v) is 25.8. The van der Waals surface area contributed by atoms with E-state index < -0.39 is 70.4 Å². The van der Waals surface area contributed by atoms with Gasteiger partial charge in [-0.05, 0) is 58.1 Å². The van der Waals surface area contributed by atoms with Crippen molar-refractivity contribution in [3.05, 3.63) is 23.3 Å². The Morgan fingerprint density at radius 2 is 1.84 bits per heavy atom. The van der Waals surface area contributed by atoms with Gasteiger partial charge in [-0.15, -0.1) is 0 Å². The summed E-state index contributed by atoms with van der Waals surface area (Å²) in [5, 5.41) is 12.4. The van der Waals surface area contributed by atoms with E-state index in [1.165, 1.54) is 28.5 Å². The third kappa shape index (κ3) is 6.93. The van der Waals surface area contributed by atoms with Gasteiger partial charge in [0.15, 0.2) is 5.60 Å². The second kappa shape index (κ2) is 12.1. The summed E-state index contributed by atoms with van der Waals surface area (Å²) in [7, 11) is 1.16. The zero-order valence-electron chi connectivity index (χ0n) is 25.8. The first kappa shape index (κ1) is 33.8. The first-order valence-corrected chi connectivity index (χ1v) is 14.1. The highest BCUT2D eigenvalue weighted by Crippen LogP contribution is 2.45. The fourth-order valence-corrected chi connectivity index (χ4v) is 6.02. The Bertz CT molecular complexity index is 1260. The van der Waals surface area contributed by atoms with Gasteiger partial charge >= 0.3 is 18.4 Å². The van der Waals surface area contributed by atoms with Crippen molar-refractivity contribution in [2.75, 3.05) is 31.6 Å². The largest absolute Gasteiger partial charge is 0.476 e. The van der Waals surface area contributed by atoms with Crippen molar-refractivity contribution in [1.82, 2.24) is 15.1 Å². The number of nitrogens with one attached hydrogen (secondary N) is 1. The summed E-state index contributed by atoms with van der Waals surface area (Å²) in [5.74, 6) is -1.77. The van der Waals surface area contributed by atoms with Gasteiger partial charge in [0, 0.05) is 25.7 Å². The number of alkyl carbamates (subject to hydrolysis) is 1. The molecule has 240 valence electrons. The Kier molecular flexibility index (Phi) is 9.52. The number of amides is 4. The number of fused-ring (bicyclic) bond motifs is 1. The number of anilines is 1. The summed E-state index contributed by atoms with van der Waals surface area (Å²) in [6.45, 7) is 11.7. The zero-order chi connectivity index (χ0) is 32.7. The average Bonchev–Trinajstić information content (AvgIpc) is 2.88. The molecule has 0 aromatic heterocycles. The van der Waals surface area contributed by atoms with E-state index in [1.54, 1.807) is 13.8 Å². The van der Waals surface area contributed by atoms with Crippen molar-refractivity contribution in [3.63, 3.8) is 0 Å². The molecule has 0 spiro atoms. The van der Waals surface area contributed by atoms with Crippen molar-refractivity contribution < 1.29 is 46.9 Å². The second-order valence-corrected chi connectivity index (χ2v) is 12.7. The highest BCUT2D eigenvalue weighted by atomic mass is 19.4. The summed E-state index contributed by atoms with van der Waals surface area (Å²) in [4.78, 5) is 55.2. The third-order valence-corrected chi connectivity index (χ3v) is 7.72. The molecule has 1 fully saturated rings. The summed E-state index contributed by atoms with van der Waals surface area (Å²) in [6.07, 6.45) is -6.07. The molecule has 0 radical (unpaired) electrons. The van der Waals surface area contributed by atoms with E-state index in [-0.39, 0.29) is 31.1 Å². The number of carbonyl (C=O) groups excluding carboxylic acids is 3. The van der Waals surface area contributed by atoms with Crippen LogP contribution in [0.15, 0.2) is 12.1 Å². The molecule has 1 aromatic rings. The lowest BCUT2D eigenvalue weighted by atomic mass is 9.76. The molecule has 2 heterocycles. The lowest BCUT2D eigenvalue weighted by Crippen LogP contribution is -2.63. The number of likely N-dealkylation sites (tertiary alicyclic amines) is 1. The molecule has 0 bridgehead atoms. The van der Waals surface area contributed by atoms with Crippen molar-refractivity contribution >= 4 is 29.7 Å². The topological polar surface area (TPSA) is 129 Å². The van der Waals surface area contributed by atoms with Crippen LogP contribution < -0.4 is 15.0 Å². The predicted octanol–water partition coefficient (Wildman–Crippen LogP) is 4.97. The fraction of sp³-hybridized carbons (Fsp3) is 0.655. The summed E-state index contributed by atoms with van der Waals surface area (Å²) < 4.78 is 53.9. The van der Waals surface area contributed by atoms with Gasteiger partial charge in [-0.3, -0.25) is 9.59 Å². The van der Waals surface area contributed by atoms with E-state index in [0.29, 0.717) is 12.8 Å². The SMILES string of the molecule is COC(=O)NCCN1C(=O)C(C)(C)Oc2cc(C(F)(F)F)c(C(=O)N(C(C)C)[C@@H]3CCCN(C(=O)O)C3C(C)(C)C)cc21. The van der Waals surface area contributed by atoms with Crippen LogP contribution in [0.4, 0.5) is 28.4 Å². The van der Waals surface area contributed by atoms with E-state index >= 15 is 0 Å². The number of piperidine rings is 1. The molecule has 1 aromatic carbocycles. The number of methoxy groups -OCH3 is 1. The van der Waals surface area contributed by atoms with E-state index in [2.05, 4.69) is 10.1 Å². The van der Waals surface area contributed by atoms with E-state index in [0.717, 1.165) is 19.2 Å². The van der Waals surface area contributed by atoms with Crippen LogP contribution in [0, 0.1) is 5.41 Å². The normalized spacial score (nSPS) is 20.3. The van der Waals surface area contributed by atoms with Crippen LogP contribution in [-0.2, 0) is 15.7 Å².